The molecular formula is C9H13N3O5. The molecule has 0 fully saturated rings. The van der Waals surface area contributed by atoms with Crippen LogP contribution in [0, 0.1) is 0 Å². The van der Waals surface area contributed by atoms with Crippen molar-refractivity contribution in [1.82, 2.24) is 16.0 Å². The molecule has 0 aromatic rings. The topological polar surface area (TPSA) is 125 Å². The fourth-order valence-electron chi connectivity index (χ4n) is 0.815. The van der Waals surface area contributed by atoms with E-state index in [1.165, 1.54) is 14.0 Å². The first kappa shape index (κ1) is 14.6. The Kier molecular flexibility index (Phi) is 6.01. The summed E-state index contributed by atoms with van der Waals surface area (Å²) in [5.74, 6) is -2.62. The molecule has 1 atom stereocenters. The average Bonchev–Trinajstić information content (AvgIpc) is 2.24. The van der Waals surface area contributed by atoms with Crippen LogP contribution in [0.4, 0.5) is 4.79 Å². The van der Waals surface area contributed by atoms with Gasteiger partial charge in [-0.1, -0.05) is 0 Å². The van der Waals surface area contributed by atoms with Crippen molar-refractivity contribution in [3.05, 3.63) is 12.2 Å². The van der Waals surface area contributed by atoms with Crippen molar-refractivity contribution < 1.29 is 24.3 Å². The molecule has 0 saturated carbocycles. The van der Waals surface area contributed by atoms with Crippen molar-refractivity contribution in [2.45, 2.75) is 13.0 Å². The number of carboxylic acids is 1. The number of aliphatic carboxylic acids is 1. The molecular weight excluding hydrogens is 230 g/mol. The molecule has 8 heteroatoms. The normalized spacial score (nSPS) is 11.6. The Balaban J connectivity index is 4.15. The lowest BCUT2D eigenvalue weighted by Crippen LogP contribution is -2.48. The molecule has 0 bridgehead atoms. The molecule has 0 aromatic heterocycles. The summed E-state index contributed by atoms with van der Waals surface area (Å²) in [4.78, 5) is 43.2. The first-order valence-corrected chi connectivity index (χ1v) is 4.61. The zero-order chi connectivity index (χ0) is 13.4. The Morgan fingerprint density at radius 3 is 2.24 bits per heavy atom. The van der Waals surface area contributed by atoms with Gasteiger partial charge in [0.2, 0.25) is 5.91 Å². The second-order valence-corrected chi connectivity index (χ2v) is 2.97. The van der Waals surface area contributed by atoms with E-state index in [4.69, 9.17) is 5.11 Å². The number of carbonyl (C=O) groups is 4. The monoisotopic (exact) mass is 243 g/mol. The third-order valence-corrected chi connectivity index (χ3v) is 1.60. The first-order valence-electron chi connectivity index (χ1n) is 4.61. The van der Waals surface area contributed by atoms with Crippen LogP contribution in [0.2, 0.25) is 0 Å². The van der Waals surface area contributed by atoms with Crippen molar-refractivity contribution in [3.63, 3.8) is 0 Å². The Hall–Kier alpha value is -2.38. The predicted octanol–water partition coefficient (Wildman–Crippen LogP) is -1.41. The predicted molar refractivity (Wildman–Crippen MR) is 57.0 cm³/mol. The van der Waals surface area contributed by atoms with E-state index in [1.54, 1.807) is 0 Å². The molecule has 4 N–H and O–H groups in total. The van der Waals surface area contributed by atoms with E-state index in [2.05, 4.69) is 10.6 Å². The van der Waals surface area contributed by atoms with E-state index in [1.807, 2.05) is 5.32 Å². The number of nitrogens with one attached hydrogen (secondary N) is 3. The summed E-state index contributed by atoms with van der Waals surface area (Å²) in [5.41, 5.74) is 0. The van der Waals surface area contributed by atoms with Crippen LogP contribution in [-0.4, -0.2) is 42.0 Å². The molecule has 0 aromatic carbocycles. The van der Waals surface area contributed by atoms with Gasteiger partial charge < -0.3 is 15.7 Å². The molecule has 0 aliphatic heterocycles. The summed E-state index contributed by atoms with van der Waals surface area (Å²) in [6.45, 7) is 1.43. The van der Waals surface area contributed by atoms with Crippen molar-refractivity contribution in [3.8, 4) is 0 Å². The van der Waals surface area contributed by atoms with Gasteiger partial charge in [-0.05, 0) is 6.92 Å². The molecule has 1 unspecified atom stereocenters. The quantitative estimate of drug-likeness (QED) is 0.451. The van der Waals surface area contributed by atoms with Gasteiger partial charge >= 0.3 is 12.0 Å². The Bertz CT molecular complexity index is 364. The minimum atomic E-state index is -1.31. The largest absolute Gasteiger partial charge is 0.478 e. The van der Waals surface area contributed by atoms with E-state index in [9.17, 15) is 19.2 Å². The molecule has 0 heterocycles. The molecule has 17 heavy (non-hydrogen) atoms. The van der Waals surface area contributed by atoms with Gasteiger partial charge in [0.15, 0.2) is 0 Å². The number of urea groups is 1. The standard InChI is InChI=1S/C9H13N3O5/c1-5(8(16)10-2)11-9(17)12-6(13)3-4-7(14)15/h3-5H,1-2H3,(H,10,16)(H,14,15)(H2,11,12,13,17). The number of hydrogen-bond donors (Lipinski definition) is 4. The molecule has 0 radical (unpaired) electrons. The maximum Gasteiger partial charge on any atom is 0.328 e. The lowest BCUT2D eigenvalue weighted by atomic mass is 10.3. The van der Waals surface area contributed by atoms with Crippen LogP contribution in [0.5, 0.6) is 0 Å². The third kappa shape index (κ3) is 6.66. The smallest absolute Gasteiger partial charge is 0.328 e. The summed E-state index contributed by atoms with van der Waals surface area (Å²) < 4.78 is 0. The highest BCUT2D eigenvalue weighted by Gasteiger charge is 2.14. The second-order valence-electron chi connectivity index (χ2n) is 2.97. The number of likely N-dealkylation sites (N-methyl/N-ethyl adjacent to an activating group) is 1. The molecule has 0 aliphatic carbocycles. The fraction of sp³-hybridized carbons (Fsp3) is 0.333. The zero-order valence-corrected chi connectivity index (χ0v) is 9.31. The van der Waals surface area contributed by atoms with Crippen LogP contribution in [0.1, 0.15) is 6.92 Å². The number of rotatable bonds is 4. The Labute approximate surface area is 97.1 Å². The molecule has 0 spiro atoms. The van der Waals surface area contributed by atoms with Crippen LogP contribution in [-0.2, 0) is 14.4 Å². The molecule has 8 nitrogen and oxygen atoms in total. The number of hydrogen-bond acceptors (Lipinski definition) is 4. The number of imide groups is 1. The Morgan fingerprint density at radius 2 is 1.76 bits per heavy atom. The number of amides is 4. The van der Waals surface area contributed by atoms with E-state index < -0.39 is 29.9 Å². The molecule has 0 rings (SSSR count). The maximum absolute atomic E-state index is 11.1. The first-order chi connectivity index (χ1) is 7.86. The van der Waals surface area contributed by atoms with Gasteiger partial charge in [0.05, 0.1) is 0 Å². The maximum atomic E-state index is 11.1. The SMILES string of the molecule is CNC(=O)C(C)NC(=O)NC(=O)C=CC(=O)O. The van der Waals surface area contributed by atoms with Crippen molar-refractivity contribution in [1.29, 1.82) is 0 Å². The van der Waals surface area contributed by atoms with Gasteiger partial charge in [0.25, 0.3) is 5.91 Å². The van der Waals surface area contributed by atoms with Crippen LogP contribution < -0.4 is 16.0 Å². The van der Waals surface area contributed by atoms with Gasteiger partial charge in [-0.15, -0.1) is 0 Å². The van der Waals surface area contributed by atoms with Gasteiger partial charge in [0.1, 0.15) is 6.04 Å². The minimum Gasteiger partial charge on any atom is -0.478 e. The van der Waals surface area contributed by atoms with Gasteiger partial charge in [-0.2, -0.15) is 0 Å². The summed E-state index contributed by atoms with van der Waals surface area (Å²) in [6.07, 6.45) is 1.28. The van der Waals surface area contributed by atoms with Gasteiger partial charge in [-0.3, -0.25) is 14.9 Å². The zero-order valence-electron chi connectivity index (χ0n) is 9.31. The van der Waals surface area contributed by atoms with E-state index >= 15 is 0 Å². The van der Waals surface area contributed by atoms with Crippen LogP contribution in [0.3, 0.4) is 0 Å². The van der Waals surface area contributed by atoms with Gasteiger partial charge in [-0.25, -0.2) is 9.59 Å². The van der Waals surface area contributed by atoms with Crippen LogP contribution in [0.15, 0.2) is 12.2 Å². The highest BCUT2D eigenvalue weighted by atomic mass is 16.4. The summed E-state index contributed by atoms with van der Waals surface area (Å²) in [5, 5.41) is 14.5. The minimum absolute atomic E-state index is 0.423. The van der Waals surface area contributed by atoms with Crippen LogP contribution in [0.25, 0.3) is 0 Å². The lowest BCUT2D eigenvalue weighted by Gasteiger charge is -2.11. The van der Waals surface area contributed by atoms with E-state index in [-0.39, 0.29) is 0 Å². The lowest BCUT2D eigenvalue weighted by molar-refractivity contribution is -0.131. The number of carboxylic acid groups (broad SMARTS) is 1. The van der Waals surface area contributed by atoms with Crippen LogP contribution >= 0.6 is 0 Å². The van der Waals surface area contributed by atoms with Crippen molar-refractivity contribution >= 4 is 23.8 Å². The van der Waals surface area contributed by atoms with Crippen molar-refractivity contribution in [2.24, 2.45) is 0 Å². The van der Waals surface area contributed by atoms with Crippen molar-refractivity contribution in [2.75, 3.05) is 7.05 Å². The Morgan fingerprint density at radius 1 is 1.18 bits per heavy atom. The highest BCUT2D eigenvalue weighted by Crippen LogP contribution is 1.82. The third-order valence-electron chi connectivity index (χ3n) is 1.60. The summed E-state index contributed by atoms with van der Waals surface area (Å²) in [7, 11) is 1.40. The molecule has 0 aliphatic rings. The van der Waals surface area contributed by atoms with E-state index in [0.29, 0.717) is 12.2 Å². The second kappa shape index (κ2) is 6.99. The van der Waals surface area contributed by atoms with E-state index in [0.717, 1.165) is 0 Å². The molecule has 4 amide bonds. The summed E-state index contributed by atoms with van der Waals surface area (Å²) in [6, 6.07) is -1.70. The number of carbonyl (C=O) groups excluding carboxylic acids is 3. The molecule has 94 valence electrons. The highest BCUT2D eigenvalue weighted by molar-refractivity contribution is 6.03. The molecule has 0 saturated heterocycles. The fourth-order valence-corrected chi connectivity index (χ4v) is 0.815. The average molecular weight is 243 g/mol. The summed E-state index contributed by atoms with van der Waals surface area (Å²) >= 11 is 0. The van der Waals surface area contributed by atoms with Gasteiger partial charge in [0, 0.05) is 19.2 Å².